The van der Waals surface area contributed by atoms with Gasteiger partial charge in [-0.3, -0.25) is 0 Å². The van der Waals surface area contributed by atoms with E-state index < -0.39 is 5.97 Å². The van der Waals surface area contributed by atoms with Crippen LogP contribution < -0.4 is 0 Å². The summed E-state index contributed by atoms with van der Waals surface area (Å²) in [4.78, 5) is 11.1. The van der Waals surface area contributed by atoms with E-state index >= 15 is 0 Å². The van der Waals surface area contributed by atoms with E-state index in [1.807, 2.05) is 61.6 Å². The number of carbonyl (C=O) groups excluding carboxylic acids is 1. The highest BCUT2D eigenvalue weighted by Crippen LogP contribution is 2.05. The highest BCUT2D eigenvalue weighted by atomic mass is 16.6. The first-order valence-electron chi connectivity index (χ1n) is 6.50. The first-order chi connectivity index (χ1) is 9.76. The molecule has 1 rings (SSSR count). The van der Waals surface area contributed by atoms with Crippen molar-refractivity contribution >= 4 is 5.97 Å². The summed E-state index contributed by atoms with van der Waals surface area (Å²) in [5, 5.41) is 0. The van der Waals surface area contributed by atoms with Gasteiger partial charge >= 0.3 is 5.97 Å². The predicted octanol–water partition coefficient (Wildman–Crippen LogP) is 3.43. The molecule has 3 heteroatoms. The second-order valence-electron chi connectivity index (χ2n) is 4.08. The Kier molecular flexibility index (Phi) is 7.77. The van der Waals surface area contributed by atoms with Crippen LogP contribution in [-0.2, 0) is 20.9 Å². The van der Waals surface area contributed by atoms with Gasteiger partial charge in [0.25, 0.3) is 0 Å². The zero-order valence-corrected chi connectivity index (χ0v) is 11.7. The lowest BCUT2D eigenvalue weighted by Crippen LogP contribution is -2.19. The molecular formula is C17H20O3. The maximum absolute atomic E-state index is 11.1. The van der Waals surface area contributed by atoms with Gasteiger partial charge in [0.2, 0.25) is 0 Å². The highest BCUT2D eigenvalue weighted by Gasteiger charge is 2.08. The fourth-order valence-electron chi connectivity index (χ4n) is 1.46. The lowest BCUT2D eigenvalue weighted by Gasteiger charge is -2.14. The standard InChI is InChI=1S/C17H20O3/c1-3-5-7-12-16(14-20-17(18)4-2)19-13-15-10-8-6-9-11-15/h3-12,16H,2,13-14H2,1H3/b5-3+,12-7+. The van der Waals surface area contributed by atoms with E-state index in [-0.39, 0.29) is 12.7 Å². The van der Waals surface area contributed by atoms with Crippen LogP contribution in [0, 0.1) is 0 Å². The van der Waals surface area contributed by atoms with Crippen molar-refractivity contribution in [3.8, 4) is 0 Å². The molecule has 0 amide bonds. The van der Waals surface area contributed by atoms with Gasteiger partial charge in [-0.15, -0.1) is 0 Å². The van der Waals surface area contributed by atoms with E-state index in [2.05, 4.69) is 6.58 Å². The van der Waals surface area contributed by atoms with Gasteiger partial charge in [0, 0.05) is 6.08 Å². The quantitative estimate of drug-likeness (QED) is 0.413. The smallest absolute Gasteiger partial charge is 0.330 e. The Labute approximate surface area is 120 Å². The second kappa shape index (κ2) is 9.75. The molecule has 0 fully saturated rings. The van der Waals surface area contributed by atoms with E-state index in [0.29, 0.717) is 6.61 Å². The molecule has 0 aliphatic heterocycles. The molecule has 0 N–H and O–H groups in total. The molecule has 0 saturated heterocycles. The van der Waals surface area contributed by atoms with Gasteiger partial charge in [0.15, 0.2) is 0 Å². The molecule has 1 aromatic carbocycles. The summed E-state index contributed by atoms with van der Waals surface area (Å²) in [6.45, 7) is 5.94. The molecule has 0 aliphatic carbocycles. The Balaban J connectivity index is 2.52. The second-order valence-corrected chi connectivity index (χ2v) is 4.08. The minimum atomic E-state index is -0.447. The molecule has 106 valence electrons. The Morgan fingerprint density at radius 2 is 2.05 bits per heavy atom. The van der Waals surface area contributed by atoms with E-state index in [9.17, 15) is 4.79 Å². The van der Waals surface area contributed by atoms with Crippen LogP contribution in [0.25, 0.3) is 0 Å². The van der Waals surface area contributed by atoms with Crippen molar-refractivity contribution in [1.29, 1.82) is 0 Å². The molecule has 0 heterocycles. The normalized spacial score (nSPS) is 12.7. The number of hydrogen-bond acceptors (Lipinski definition) is 3. The van der Waals surface area contributed by atoms with Crippen molar-refractivity contribution in [3.05, 3.63) is 72.9 Å². The number of esters is 1. The van der Waals surface area contributed by atoms with Crippen LogP contribution in [0.2, 0.25) is 0 Å². The first kappa shape index (κ1) is 15.9. The molecule has 1 aromatic rings. The van der Waals surface area contributed by atoms with Crippen molar-refractivity contribution in [2.75, 3.05) is 6.61 Å². The first-order valence-corrected chi connectivity index (χ1v) is 6.50. The van der Waals surface area contributed by atoms with E-state index in [1.54, 1.807) is 0 Å². The van der Waals surface area contributed by atoms with Crippen molar-refractivity contribution in [2.24, 2.45) is 0 Å². The van der Waals surface area contributed by atoms with E-state index in [0.717, 1.165) is 11.6 Å². The van der Waals surface area contributed by atoms with Gasteiger partial charge in [0.05, 0.1) is 6.61 Å². The van der Waals surface area contributed by atoms with Crippen LogP contribution in [0.1, 0.15) is 12.5 Å². The Hall–Kier alpha value is -2.13. The largest absolute Gasteiger partial charge is 0.459 e. The van der Waals surface area contributed by atoms with E-state index in [4.69, 9.17) is 9.47 Å². The summed E-state index contributed by atoms with van der Waals surface area (Å²) < 4.78 is 10.8. The van der Waals surface area contributed by atoms with Crippen LogP contribution in [0.4, 0.5) is 0 Å². The zero-order valence-electron chi connectivity index (χ0n) is 11.7. The van der Waals surface area contributed by atoms with Gasteiger partial charge < -0.3 is 9.47 Å². The van der Waals surface area contributed by atoms with Crippen LogP contribution >= 0.6 is 0 Å². The third kappa shape index (κ3) is 6.71. The average Bonchev–Trinajstić information content (AvgIpc) is 2.50. The van der Waals surface area contributed by atoms with Gasteiger partial charge in [-0.2, -0.15) is 0 Å². The summed E-state index contributed by atoms with van der Waals surface area (Å²) in [5.74, 6) is -0.447. The topological polar surface area (TPSA) is 35.5 Å². The summed E-state index contributed by atoms with van der Waals surface area (Å²) in [6.07, 6.45) is 8.41. The number of ether oxygens (including phenoxy) is 2. The fourth-order valence-corrected chi connectivity index (χ4v) is 1.46. The molecule has 0 aliphatic rings. The van der Waals surface area contributed by atoms with Gasteiger partial charge in [0.1, 0.15) is 12.7 Å². The van der Waals surface area contributed by atoms with Crippen LogP contribution in [0.3, 0.4) is 0 Å². The Morgan fingerprint density at radius 3 is 2.70 bits per heavy atom. The summed E-state index contributed by atoms with van der Waals surface area (Å²) >= 11 is 0. The van der Waals surface area contributed by atoms with Gasteiger partial charge in [-0.25, -0.2) is 4.79 Å². The highest BCUT2D eigenvalue weighted by molar-refractivity contribution is 5.81. The Bertz CT molecular complexity index is 460. The molecule has 0 spiro atoms. The van der Waals surface area contributed by atoms with Gasteiger partial charge in [-0.1, -0.05) is 61.2 Å². The molecule has 0 saturated carbocycles. The predicted molar refractivity (Wildman–Crippen MR) is 80.1 cm³/mol. The summed E-state index contributed by atoms with van der Waals surface area (Å²) in [5.41, 5.74) is 1.08. The third-order valence-corrected chi connectivity index (χ3v) is 2.49. The molecule has 0 aromatic heterocycles. The van der Waals surface area contributed by atoms with E-state index in [1.165, 1.54) is 0 Å². The number of allylic oxidation sites excluding steroid dienone is 3. The number of hydrogen-bond donors (Lipinski definition) is 0. The summed E-state index contributed by atoms with van der Waals surface area (Å²) in [6, 6.07) is 9.85. The maximum atomic E-state index is 11.1. The Morgan fingerprint density at radius 1 is 1.30 bits per heavy atom. The van der Waals surface area contributed by atoms with Crippen molar-refractivity contribution in [3.63, 3.8) is 0 Å². The maximum Gasteiger partial charge on any atom is 0.330 e. The van der Waals surface area contributed by atoms with Crippen LogP contribution in [0.5, 0.6) is 0 Å². The lowest BCUT2D eigenvalue weighted by molar-refractivity contribution is -0.141. The monoisotopic (exact) mass is 272 g/mol. The number of benzene rings is 1. The van der Waals surface area contributed by atoms with Crippen molar-refractivity contribution < 1.29 is 14.3 Å². The number of carbonyl (C=O) groups is 1. The van der Waals surface area contributed by atoms with Crippen LogP contribution in [0.15, 0.2) is 67.3 Å². The van der Waals surface area contributed by atoms with Gasteiger partial charge in [-0.05, 0) is 12.5 Å². The number of rotatable bonds is 8. The lowest BCUT2D eigenvalue weighted by atomic mass is 10.2. The molecule has 0 radical (unpaired) electrons. The molecule has 1 atom stereocenters. The minimum absolute atomic E-state index is 0.172. The molecule has 3 nitrogen and oxygen atoms in total. The molecule has 0 bridgehead atoms. The summed E-state index contributed by atoms with van der Waals surface area (Å²) in [7, 11) is 0. The van der Waals surface area contributed by atoms with Crippen molar-refractivity contribution in [2.45, 2.75) is 19.6 Å². The zero-order chi connectivity index (χ0) is 14.6. The van der Waals surface area contributed by atoms with Crippen LogP contribution in [-0.4, -0.2) is 18.7 Å². The van der Waals surface area contributed by atoms with Crippen molar-refractivity contribution in [1.82, 2.24) is 0 Å². The average molecular weight is 272 g/mol. The fraction of sp³-hybridized carbons (Fsp3) is 0.235. The molecule has 1 unspecified atom stereocenters. The molecular weight excluding hydrogens is 252 g/mol. The SMILES string of the molecule is C=CC(=O)OCC(/C=C/C=C/C)OCc1ccccc1. The third-order valence-electron chi connectivity index (χ3n) is 2.49. The molecule has 20 heavy (non-hydrogen) atoms. The minimum Gasteiger partial charge on any atom is -0.459 e.